The van der Waals surface area contributed by atoms with Gasteiger partial charge in [-0.1, -0.05) is 60.5 Å². The fourth-order valence-electron chi connectivity index (χ4n) is 3.00. The molecule has 0 fully saturated rings. The molecule has 1 unspecified atom stereocenters. The lowest BCUT2D eigenvalue weighted by molar-refractivity contribution is -0.148. The number of amides is 1. The maximum absolute atomic E-state index is 12.3. The third kappa shape index (κ3) is 7.37. The van der Waals surface area contributed by atoms with E-state index in [0.717, 1.165) is 12.0 Å². The van der Waals surface area contributed by atoms with Crippen molar-refractivity contribution < 1.29 is 19.1 Å². The molecule has 3 aromatic carbocycles. The fraction of sp³-hybridized carbons (Fsp3) is 0.185. The van der Waals surface area contributed by atoms with E-state index in [1.807, 2.05) is 24.3 Å². The Labute approximate surface area is 209 Å². The van der Waals surface area contributed by atoms with Gasteiger partial charge in [-0.25, -0.2) is 4.79 Å². The van der Waals surface area contributed by atoms with Crippen molar-refractivity contribution in [3.05, 3.63) is 99.5 Å². The molecule has 0 aliphatic rings. The van der Waals surface area contributed by atoms with Crippen LogP contribution in [0.2, 0.25) is 10.0 Å². The molecule has 0 saturated heterocycles. The first-order chi connectivity index (χ1) is 16.4. The summed E-state index contributed by atoms with van der Waals surface area (Å²) >= 11 is 12.3. The Bertz CT molecular complexity index is 1140. The SMILES string of the molecule is CCc1ccc(NC(=O)C(C)OC(=O)/C=C/c2ccc(OCc3c(Cl)cccc3Cl)cc2)cc1. The van der Waals surface area contributed by atoms with Crippen LogP contribution in [0.25, 0.3) is 6.08 Å². The van der Waals surface area contributed by atoms with Crippen molar-refractivity contribution in [1.29, 1.82) is 0 Å². The lowest BCUT2D eigenvalue weighted by Gasteiger charge is -2.12. The Balaban J connectivity index is 1.48. The second-order valence-corrected chi connectivity index (χ2v) is 8.32. The highest BCUT2D eigenvalue weighted by Gasteiger charge is 2.16. The van der Waals surface area contributed by atoms with Crippen molar-refractivity contribution in [3.63, 3.8) is 0 Å². The molecule has 0 aliphatic carbocycles. The predicted molar refractivity (Wildman–Crippen MR) is 136 cm³/mol. The van der Waals surface area contributed by atoms with E-state index in [2.05, 4.69) is 12.2 Å². The summed E-state index contributed by atoms with van der Waals surface area (Å²) in [5, 5.41) is 3.83. The maximum Gasteiger partial charge on any atom is 0.331 e. The van der Waals surface area contributed by atoms with E-state index in [1.165, 1.54) is 18.6 Å². The molecule has 1 atom stereocenters. The van der Waals surface area contributed by atoms with Gasteiger partial charge in [-0.2, -0.15) is 0 Å². The molecule has 1 amide bonds. The zero-order valence-corrected chi connectivity index (χ0v) is 20.4. The summed E-state index contributed by atoms with van der Waals surface area (Å²) in [5.41, 5.74) is 3.31. The van der Waals surface area contributed by atoms with Crippen molar-refractivity contribution in [2.24, 2.45) is 0 Å². The van der Waals surface area contributed by atoms with Crippen LogP contribution in [0, 0.1) is 0 Å². The zero-order valence-electron chi connectivity index (χ0n) is 18.9. The molecule has 34 heavy (non-hydrogen) atoms. The van der Waals surface area contributed by atoms with Crippen molar-refractivity contribution in [3.8, 4) is 5.75 Å². The van der Waals surface area contributed by atoms with Crippen LogP contribution in [0.1, 0.15) is 30.5 Å². The van der Waals surface area contributed by atoms with E-state index in [9.17, 15) is 9.59 Å². The summed E-state index contributed by atoms with van der Waals surface area (Å²) in [7, 11) is 0. The maximum atomic E-state index is 12.3. The molecule has 3 rings (SSSR count). The molecular formula is C27H25Cl2NO4. The quantitative estimate of drug-likeness (QED) is 0.263. The third-order valence-corrected chi connectivity index (χ3v) is 5.74. The standard InChI is InChI=1S/C27H25Cl2NO4/c1-3-19-7-12-21(13-8-19)30-27(32)18(2)34-26(31)16-11-20-9-14-22(15-10-20)33-17-23-24(28)5-4-6-25(23)29/h4-16,18H,3,17H2,1-2H3,(H,30,32)/b16-11+. The molecule has 1 N–H and O–H groups in total. The van der Waals surface area contributed by atoms with Crippen LogP contribution in [0.15, 0.2) is 72.8 Å². The van der Waals surface area contributed by atoms with E-state index in [1.54, 1.807) is 48.5 Å². The van der Waals surface area contributed by atoms with Crippen LogP contribution in [0.3, 0.4) is 0 Å². The molecular weight excluding hydrogens is 473 g/mol. The minimum Gasteiger partial charge on any atom is -0.489 e. The lowest BCUT2D eigenvalue weighted by atomic mass is 10.1. The topological polar surface area (TPSA) is 64.6 Å². The molecule has 7 heteroatoms. The van der Waals surface area contributed by atoms with Crippen molar-refractivity contribution >= 4 is 46.8 Å². The number of ether oxygens (including phenoxy) is 2. The highest BCUT2D eigenvalue weighted by molar-refractivity contribution is 6.35. The van der Waals surface area contributed by atoms with Gasteiger partial charge in [0.15, 0.2) is 6.10 Å². The van der Waals surface area contributed by atoms with Gasteiger partial charge in [0.25, 0.3) is 5.91 Å². The Kier molecular flexibility index (Phi) is 9.14. The number of hydrogen-bond donors (Lipinski definition) is 1. The Hall–Kier alpha value is -3.28. The molecule has 0 aliphatic heterocycles. The Morgan fingerprint density at radius 2 is 1.62 bits per heavy atom. The molecule has 3 aromatic rings. The molecule has 0 aromatic heterocycles. The number of benzene rings is 3. The van der Waals surface area contributed by atoms with E-state index >= 15 is 0 Å². The number of esters is 1. The second-order valence-electron chi connectivity index (χ2n) is 7.51. The van der Waals surface area contributed by atoms with E-state index in [4.69, 9.17) is 32.7 Å². The number of carbonyl (C=O) groups excluding carboxylic acids is 2. The summed E-state index contributed by atoms with van der Waals surface area (Å²) in [6, 6.07) is 20.0. The van der Waals surface area contributed by atoms with Crippen molar-refractivity contribution in [1.82, 2.24) is 0 Å². The minimum absolute atomic E-state index is 0.239. The number of rotatable bonds is 9. The van der Waals surface area contributed by atoms with E-state index < -0.39 is 18.0 Å². The number of halogens is 2. The second kappa shape index (κ2) is 12.3. The summed E-state index contributed by atoms with van der Waals surface area (Å²) in [5.74, 6) is -0.378. The number of nitrogens with one attached hydrogen (secondary N) is 1. The van der Waals surface area contributed by atoms with Crippen LogP contribution in [-0.4, -0.2) is 18.0 Å². The van der Waals surface area contributed by atoms with Gasteiger partial charge < -0.3 is 14.8 Å². The molecule has 0 spiro atoms. The van der Waals surface area contributed by atoms with Gasteiger partial charge in [0, 0.05) is 27.4 Å². The van der Waals surface area contributed by atoms with E-state index in [-0.39, 0.29) is 6.61 Å². The van der Waals surface area contributed by atoms with Crippen LogP contribution in [0.5, 0.6) is 5.75 Å². The Morgan fingerprint density at radius 3 is 2.24 bits per heavy atom. The zero-order chi connectivity index (χ0) is 24.5. The highest BCUT2D eigenvalue weighted by Crippen LogP contribution is 2.26. The van der Waals surface area contributed by atoms with Crippen LogP contribution < -0.4 is 10.1 Å². The van der Waals surface area contributed by atoms with Gasteiger partial charge in [-0.05, 0) is 66.9 Å². The van der Waals surface area contributed by atoms with Crippen molar-refractivity contribution in [2.75, 3.05) is 5.32 Å². The number of hydrogen-bond acceptors (Lipinski definition) is 4. The molecule has 0 saturated carbocycles. The largest absolute Gasteiger partial charge is 0.489 e. The first kappa shape index (κ1) is 25.3. The summed E-state index contributed by atoms with van der Waals surface area (Å²) in [6.45, 7) is 3.82. The highest BCUT2D eigenvalue weighted by atomic mass is 35.5. The monoisotopic (exact) mass is 497 g/mol. The van der Waals surface area contributed by atoms with Gasteiger partial charge in [0.2, 0.25) is 0 Å². The van der Waals surface area contributed by atoms with Gasteiger partial charge in [-0.15, -0.1) is 0 Å². The summed E-state index contributed by atoms with van der Waals surface area (Å²) < 4.78 is 10.9. The average Bonchev–Trinajstić information content (AvgIpc) is 2.83. The van der Waals surface area contributed by atoms with Gasteiger partial charge in [0.05, 0.1) is 0 Å². The molecule has 0 bridgehead atoms. The van der Waals surface area contributed by atoms with Gasteiger partial charge >= 0.3 is 5.97 Å². The molecule has 0 radical (unpaired) electrons. The van der Waals surface area contributed by atoms with Crippen LogP contribution >= 0.6 is 23.2 Å². The first-order valence-corrected chi connectivity index (χ1v) is 11.6. The first-order valence-electron chi connectivity index (χ1n) is 10.8. The lowest BCUT2D eigenvalue weighted by Crippen LogP contribution is -2.29. The number of aryl methyl sites for hydroxylation is 1. The Morgan fingerprint density at radius 1 is 0.971 bits per heavy atom. The third-order valence-electron chi connectivity index (χ3n) is 5.03. The fourth-order valence-corrected chi connectivity index (χ4v) is 3.51. The molecule has 0 heterocycles. The molecule has 5 nitrogen and oxygen atoms in total. The summed E-state index contributed by atoms with van der Waals surface area (Å²) in [6.07, 6.45) is 2.86. The minimum atomic E-state index is -0.935. The smallest absolute Gasteiger partial charge is 0.331 e. The average molecular weight is 498 g/mol. The van der Waals surface area contributed by atoms with Crippen LogP contribution in [-0.2, 0) is 27.4 Å². The normalized spacial score (nSPS) is 11.8. The summed E-state index contributed by atoms with van der Waals surface area (Å²) in [4.78, 5) is 24.4. The molecule has 176 valence electrons. The number of anilines is 1. The predicted octanol–water partition coefficient (Wildman–Crippen LogP) is 6.72. The van der Waals surface area contributed by atoms with Crippen LogP contribution in [0.4, 0.5) is 5.69 Å². The van der Waals surface area contributed by atoms with Crippen molar-refractivity contribution in [2.45, 2.75) is 33.0 Å². The van der Waals surface area contributed by atoms with Gasteiger partial charge in [-0.3, -0.25) is 4.79 Å². The number of carbonyl (C=O) groups is 2. The van der Waals surface area contributed by atoms with E-state index in [0.29, 0.717) is 27.0 Å². The van der Waals surface area contributed by atoms with Gasteiger partial charge in [0.1, 0.15) is 12.4 Å².